The van der Waals surface area contributed by atoms with Crippen LogP contribution in [0.25, 0.3) is 0 Å². The maximum atomic E-state index is 5.35. The molecule has 0 amide bonds. The van der Waals surface area contributed by atoms with Gasteiger partial charge in [-0.2, -0.15) is 0 Å². The molecule has 1 saturated carbocycles. The minimum Gasteiger partial charge on any atom is -0.381 e. The maximum Gasteiger partial charge on any atom is 0.129 e. The number of aromatic nitrogens is 1. The molecular formula is C12H18N2O. The van der Waals surface area contributed by atoms with E-state index < -0.39 is 0 Å². The quantitative estimate of drug-likeness (QED) is 0.824. The second-order valence-corrected chi connectivity index (χ2v) is 4.18. The summed E-state index contributed by atoms with van der Waals surface area (Å²) < 4.78 is 5.35. The molecule has 3 nitrogen and oxygen atoms in total. The lowest BCUT2D eigenvalue weighted by Gasteiger charge is -2.14. The zero-order chi connectivity index (χ0) is 10.7. The molecule has 1 fully saturated rings. The highest BCUT2D eigenvalue weighted by Crippen LogP contribution is 2.24. The average molecular weight is 206 g/mol. The minimum absolute atomic E-state index is 0.423. The SMILES string of the molecule is COC1CCC(Nc2ncccc2C)C1. The Balaban J connectivity index is 1.96. The number of nitrogens with one attached hydrogen (secondary N) is 1. The summed E-state index contributed by atoms with van der Waals surface area (Å²) >= 11 is 0. The number of hydrogen-bond acceptors (Lipinski definition) is 3. The summed E-state index contributed by atoms with van der Waals surface area (Å²) in [5.41, 5.74) is 1.21. The highest BCUT2D eigenvalue weighted by atomic mass is 16.5. The normalized spacial score (nSPS) is 25.5. The number of anilines is 1. The van der Waals surface area contributed by atoms with Crippen LogP contribution in [0.4, 0.5) is 5.82 Å². The Morgan fingerprint density at radius 3 is 3.00 bits per heavy atom. The molecule has 1 aromatic rings. The fraction of sp³-hybridized carbons (Fsp3) is 0.583. The molecule has 2 unspecified atom stereocenters. The molecule has 0 aliphatic heterocycles. The number of hydrogen-bond donors (Lipinski definition) is 1. The van der Waals surface area contributed by atoms with Crippen LogP contribution in [0.5, 0.6) is 0 Å². The number of aryl methyl sites for hydroxylation is 1. The van der Waals surface area contributed by atoms with Crippen molar-refractivity contribution in [1.29, 1.82) is 0 Å². The van der Waals surface area contributed by atoms with E-state index in [9.17, 15) is 0 Å². The predicted molar refractivity (Wildman–Crippen MR) is 61.0 cm³/mol. The predicted octanol–water partition coefficient (Wildman–Crippen LogP) is 2.37. The van der Waals surface area contributed by atoms with Gasteiger partial charge < -0.3 is 10.1 Å². The Morgan fingerprint density at radius 2 is 2.33 bits per heavy atom. The van der Waals surface area contributed by atoms with Gasteiger partial charge in [0.2, 0.25) is 0 Å². The van der Waals surface area contributed by atoms with Crippen LogP contribution < -0.4 is 5.32 Å². The van der Waals surface area contributed by atoms with Gasteiger partial charge in [0.05, 0.1) is 6.10 Å². The third-order valence-electron chi connectivity index (χ3n) is 3.07. The van der Waals surface area contributed by atoms with E-state index >= 15 is 0 Å². The van der Waals surface area contributed by atoms with Gasteiger partial charge in [0.25, 0.3) is 0 Å². The monoisotopic (exact) mass is 206 g/mol. The molecule has 3 heteroatoms. The topological polar surface area (TPSA) is 34.1 Å². The van der Waals surface area contributed by atoms with Crippen molar-refractivity contribution in [3.63, 3.8) is 0 Å². The van der Waals surface area contributed by atoms with Crippen molar-refractivity contribution >= 4 is 5.82 Å². The van der Waals surface area contributed by atoms with Gasteiger partial charge in [0.15, 0.2) is 0 Å². The number of pyridine rings is 1. The molecule has 1 heterocycles. The molecule has 0 bridgehead atoms. The standard InChI is InChI=1S/C12H18N2O/c1-9-4-3-7-13-12(9)14-10-5-6-11(8-10)15-2/h3-4,7,10-11H,5-6,8H2,1-2H3,(H,13,14). The van der Waals surface area contributed by atoms with E-state index in [1.54, 1.807) is 7.11 Å². The second kappa shape index (κ2) is 4.62. The van der Waals surface area contributed by atoms with E-state index in [-0.39, 0.29) is 0 Å². The van der Waals surface area contributed by atoms with Crippen molar-refractivity contribution in [2.75, 3.05) is 12.4 Å². The van der Waals surface area contributed by atoms with Crippen molar-refractivity contribution in [3.8, 4) is 0 Å². The Morgan fingerprint density at radius 1 is 1.47 bits per heavy atom. The molecule has 0 spiro atoms. The molecule has 2 rings (SSSR count). The van der Waals surface area contributed by atoms with Gasteiger partial charge in [-0.05, 0) is 37.8 Å². The first kappa shape index (κ1) is 10.4. The smallest absolute Gasteiger partial charge is 0.129 e. The molecule has 1 aliphatic carbocycles. The lowest BCUT2D eigenvalue weighted by atomic mass is 10.2. The highest BCUT2D eigenvalue weighted by Gasteiger charge is 2.24. The van der Waals surface area contributed by atoms with E-state index in [1.165, 1.54) is 12.0 Å². The summed E-state index contributed by atoms with van der Waals surface area (Å²) in [5, 5.41) is 3.48. The molecule has 0 radical (unpaired) electrons. The number of ether oxygens (including phenoxy) is 1. The summed E-state index contributed by atoms with van der Waals surface area (Å²) in [7, 11) is 1.79. The van der Waals surface area contributed by atoms with Crippen LogP contribution in [0.1, 0.15) is 24.8 Å². The second-order valence-electron chi connectivity index (χ2n) is 4.18. The van der Waals surface area contributed by atoms with Crippen LogP contribution >= 0.6 is 0 Å². The number of methoxy groups -OCH3 is 1. The minimum atomic E-state index is 0.423. The Hall–Kier alpha value is -1.09. The summed E-state index contributed by atoms with van der Waals surface area (Å²) in [6.45, 7) is 2.08. The van der Waals surface area contributed by atoms with Crippen molar-refractivity contribution < 1.29 is 4.74 Å². The first-order chi connectivity index (χ1) is 7.29. The fourth-order valence-electron chi connectivity index (χ4n) is 2.12. The van der Waals surface area contributed by atoms with Crippen molar-refractivity contribution in [2.45, 2.75) is 38.3 Å². The summed E-state index contributed by atoms with van der Waals surface area (Å²) in [6.07, 6.45) is 5.67. The lowest BCUT2D eigenvalue weighted by Crippen LogP contribution is -2.18. The zero-order valence-corrected chi connectivity index (χ0v) is 9.36. The summed E-state index contributed by atoms with van der Waals surface area (Å²) in [5.74, 6) is 1.01. The molecular weight excluding hydrogens is 188 g/mol. The van der Waals surface area contributed by atoms with Crippen LogP contribution in [0.2, 0.25) is 0 Å². The van der Waals surface area contributed by atoms with Crippen LogP contribution in [0.15, 0.2) is 18.3 Å². The van der Waals surface area contributed by atoms with Gasteiger partial charge in [0, 0.05) is 19.3 Å². The van der Waals surface area contributed by atoms with E-state index in [0.29, 0.717) is 12.1 Å². The van der Waals surface area contributed by atoms with E-state index in [2.05, 4.69) is 23.3 Å². The molecule has 1 N–H and O–H groups in total. The van der Waals surface area contributed by atoms with Crippen LogP contribution in [0.3, 0.4) is 0 Å². The summed E-state index contributed by atoms with van der Waals surface area (Å²) in [4.78, 5) is 4.34. The molecule has 1 aromatic heterocycles. The first-order valence-corrected chi connectivity index (χ1v) is 5.50. The third-order valence-corrected chi connectivity index (χ3v) is 3.07. The van der Waals surface area contributed by atoms with Gasteiger partial charge in [-0.15, -0.1) is 0 Å². The molecule has 0 saturated heterocycles. The molecule has 0 aromatic carbocycles. The van der Waals surface area contributed by atoms with Gasteiger partial charge in [-0.25, -0.2) is 4.98 Å². The number of nitrogens with zero attached hydrogens (tertiary/aromatic N) is 1. The largest absolute Gasteiger partial charge is 0.381 e. The van der Waals surface area contributed by atoms with Crippen molar-refractivity contribution in [2.24, 2.45) is 0 Å². The first-order valence-electron chi connectivity index (χ1n) is 5.50. The lowest BCUT2D eigenvalue weighted by molar-refractivity contribution is 0.108. The highest BCUT2D eigenvalue weighted by molar-refractivity contribution is 5.43. The van der Waals surface area contributed by atoms with Gasteiger partial charge in [-0.1, -0.05) is 6.07 Å². The van der Waals surface area contributed by atoms with E-state index in [1.807, 2.05) is 12.3 Å². The molecule has 2 atom stereocenters. The van der Waals surface area contributed by atoms with Crippen LogP contribution in [0, 0.1) is 6.92 Å². The van der Waals surface area contributed by atoms with Gasteiger partial charge in [-0.3, -0.25) is 0 Å². The average Bonchev–Trinajstić information content (AvgIpc) is 2.69. The van der Waals surface area contributed by atoms with Gasteiger partial charge >= 0.3 is 0 Å². The maximum absolute atomic E-state index is 5.35. The Bertz CT molecular complexity index is 327. The summed E-state index contributed by atoms with van der Waals surface area (Å²) in [6, 6.07) is 4.56. The number of rotatable bonds is 3. The van der Waals surface area contributed by atoms with E-state index in [4.69, 9.17) is 4.74 Å². The zero-order valence-electron chi connectivity index (χ0n) is 9.36. The van der Waals surface area contributed by atoms with Gasteiger partial charge in [0.1, 0.15) is 5.82 Å². The molecule has 1 aliphatic rings. The van der Waals surface area contributed by atoms with Crippen molar-refractivity contribution in [1.82, 2.24) is 4.98 Å². The third kappa shape index (κ3) is 2.48. The van der Waals surface area contributed by atoms with Crippen LogP contribution in [-0.2, 0) is 4.74 Å². The van der Waals surface area contributed by atoms with Crippen molar-refractivity contribution in [3.05, 3.63) is 23.9 Å². The Kier molecular flexibility index (Phi) is 3.21. The van der Waals surface area contributed by atoms with Crippen LogP contribution in [-0.4, -0.2) is 24.2 Å². The molecule has 15 heavy (non-hydrogen) atoms. The fourth-order valence-corrected chi connectivity index (χ4v) is 2.12. The Labute approximate surface area is 90.9 Å². The molecule has 82 valence electrons. The van der Waals surface area contributed by atoms with E-state index in [0.717, 1.165) is 18.7 Å².